The topological polar surface area (TPSA) is 32.9 Å². The first-order valence-electron chi connectivity index (χ1n) is 4.38. The summed E-state index contributed by atoms with van der Waals surface area (Å²) in [5, 5.41) is 0. The van der Waals surface area contributed by atoms with Gasteiger partial charge >= 0.3 is 0 Å². The van der Waals surface area contributed by atoms with Crippen LogP contribution < -0.4 is 5.56 Å². The van der Waals surface area contributed by atoms with E-state index in [2.05, 4.69) is 18.0 Å². The number of aryl methyl sites for hydroxylation is 1. The molecule has 1 aromatic heterocycles. The summed E-state index contributed by atoms with van der Waals surface area (Å²) < 4.78 is 0. The summed E-state index contributed by atoms with van der Waals surface area (Å²) >= 11 is 0. The predicted molar refractivity (Wildman–Crippen MR) is 48.4 cm³/mol. The van der Waals surface area contributed by atoms with E-state index in [4.69, 9.17) is 0 Å². The Bertz CT molecular complexity index is 365. The van der Waals surface area contributed by atoms with Gasteiger partial charge < -0.3 is 4.98 Å². The highest BCUT2D eigenvalue weighted by molar-refractivity contribution is 5.31. The average Bonchev–Trinajstić information content (AvgIpc) is 2.29. The van der Waals surface area contributed by atoms with Crippen LogP contribution in [0.15, 0.2) is 10.9 Å². The summed E-state index contributed by atoms with van der Waals surface area (Å²) in [5.74, 6) is 0.642. The van der Waals surface area contributed by atoms with Gasteiger partial charge in [-0.2, -0.15) is 0 Å². The molecule has 0 spiro atoms. The van der Waals surface area contributed by atoms with Crippen LogP contribution in [0.1, 0.15) is 23.7 Å². The molecule has 1 N–H and O–H groups in total. The molecule has 2 heteroatoms. The van der Waals surface area contributed by atoms with Gasteiger partial charge in [-0.15, -0.1) is 0 Å². The van der Waals surface area contributed by atoms with E-state index in [0.29, 0.717) is 5.92 Å². The van der Waals surface area contributed by atoms with E-state index in [-0.39, 0.29) is 5.56 Å². The first-order chi connectivity index (χ1) is 5.66. The van der Waals surface area contributed by atoms with Crippen molar-refractivity contribution in [3.05, 3.63) is 33.2 Å². The standard InChI is InChI=1S/C10H13NO/c1-6-3-8-5-7(2)11-10(12)9(8)4-6/h5-6H,3-4H2,1-2H3,(H,11,12). The fourth-order valence-corrected chi connectivity index (χ4v) is 1.99. The Morgan fingerprint density at radius 3 is 3.00 bits per heavy atom. The Balaban J connectivity index is 2.60. The lowest BCUT2D eigenvalue weighted by atomic mass is 10.1. The summed E-state index contributed by atoms with van der Waals surface area (Å²) in [6.07, 6.45) is 2.02. The molecule has 0 aromatic carbocycles. The summed E-state index contributed by atoms with van der Waals surface area (Å²) in [6.45, 7) is 4.12. The summed E-state index contributed by atoms with van der Waals surface area (Å²) in [7, 11) is 0. The summed E-state index contributed by atoms with van der Waals surface area (Å²) in [5.41, 5.74) is 3.36. The van der Waals surface area contributed by atoms with E-state index >= 15 is 0 Å². The van der Waals surface area contributed by atoms with Crippen molar-refractivity contribution >= 4 is 0 Å². The zero-order valence-corrected chi connectivity index (χ0v) is 7.48. The van der Waals surface area contributed by atoms with Crippen molar-refractivity contribution in [2.45, 2.75) is 26.7 Å². The monoisotopic (exact) mass is 163 g/mol. The second kappa shape index (κ2) is 2.47. The van der Waals surface area contributed by atoms with E-state index < -0.39 is 0 Å². The van der Waals surface area contributed by atoms with Crippen molar-refractivity contribution in [2.24, 2.45) is 5.92 Å². The maximum atomic E-state index is 11.4. The fourth-order valence-electron chi connectivity index (χ4n) is 1.99. The highest BCUT2D eigenvalue weighted by Gasteiger charge is 2.20. The zero-order valence-electron chi connectivity index (χ0n) is 7.48. The molecule has 0 bridgehead atoms. The minimum atomic E-state index is 0.120. The number of H-pyrrole nitrogens is 1. The minimum absolute atomic E-state index is 0.120. The Hall–Kier alpha value is -1.05. The van der Waals surface area contributed by atoms with Gasteiger partial charge in [0.05, 0.1) is 0 Å². The third-order valence-electron chi connectivity index (χ3n) is 2.48. The third kappa shape index (κ3) is 1.07. The van der Waals surface area contributed by atoms with Gasteiger partial charge in [0, 0.05) is 11.3 Å². The van der Waals surface area contributed by atoms with E-state index in [1.165, 1.54) is 5.56 Å². The Morgan fingerprint density at radius 1 is 1.50 bits per heavy atom. The van der Waals surface area contributed by atoms with Gasteiger partial charge in [0.2, 0.25) is 0 Å². The van der Waals surface area contributed by atoms with Crippen molar-refractivity contribution in [3.8, 4) is 0 Å². The minimum Gasteiger partial charge on any atom is -0.326 e. The normalized spacial score (nSPS) is 21.0. The van der Waals surface area contributed by atoms with Crippen molar-refractivity contribution < 1.29 is 0 Å². The fraction of sp³-hybridized carbons (Fsp3) is 0.500. The number of nitrogens with one attached hydrogen (secondary N) is 1. The molecule has 1 heterocycles. The van der Waals surface area contributed by atoms with E-state index in [1.807, 2.05) is 6.92 Å². The molecule has 0 saturated heterocycles. The van der Waals surface area contributed by atoms with E-state index in [0.717, 1.165) is 24.1 Å². The summed E-state index contributed by atoms with van der Waals surface area (Å²) in [6, 6.07) is 2.10. The molecule has 1 aliphatic rings. The average molecular weight is 163 g/mol. The molecule has 0 saturated carbocycles. The Labute approximate surface area is 71.6 Å². The lowest BCUT2D eigenvalue weighted by Gasteiger charge is -1.98. The van der Waals surface area contributed by atoms with Gasteiger partial charge in [-0.3, -0.25) is 4.79 Å². The molecular weight excluding hydrogens is 150 g/mol. The SMILES string of the molecule is Cc1cc2c(c(=O)[nH]1)CC(C)C2. The smallest absolute Gasteiger partial charge is 0.251 e. The lowest BCUT2D eigenvalue weighted by molar-refractivity contribution is 0.626. The van der Waals surface area contributed by atoms with Gasteiger partial charge in [0.1, 0.15) is 0 Å². The number of hydrogen-bond acceptors (Lipinski definition) is 1. The van der Waals surface area contributed by atoms with E-state index in [9.17, 15) is 4.79 Å². The molecule has 0 amide bonds. The quantitative estimate of drug-likeness (QED) is 0.616. The molecule has 1 aliphatic carbocycles. The lowest BCUT2D eigenvalue weighted by Crippen LogP contribution is -2.13. The molecule has 0 radical (unpaired) electrons. The molecule has 2 nitrogen and oxygen atoms in total. The highest BCUT2D eigenvalue weighted by Crippen LogP contribution is 2.23. The molecule has 2 rings (SSSR count). The van der Waals surface area contributed by atoms with Crippen LogP contribution in [0.2, 0.25) is 0 Å². The number of fused-ring (bicyclic) bond motifs is 1. The molecule has 0 aliphatic heterocycles. The Kier molecular flexibility index (Phi) is 1.56. The highest BCUT2D eigenvalue weighted by atomic mass is 16.1. The van der Waals surface area contributed by atoms with Gasteiger partial charge in [0.25, 0.3) is 5.56 Å². The number of pyridine rings is 1. The molecule has 1 unspecified atom stereocenters. The molecule has 1 aromatic rings. The second-order valence-electron chi connectivity index (χ2n) is 3.80. The van der Waals surface area contributed by atoms with Gasteiger partial charge in [0.15, 0.2) is 0 Å². The van der Waals surface area contributed by atoms with Crippen molar-refractivity contribution in [2.75, 3.05) is 0 Å². The molecule has 12 heavy (non-hydrogen) atoms. The van der Waals surface area contributed by atoms with Crippen LogP contribution in [-0.2, 0) is 12.8 Å². The van der Waals surface area contributed by atoms with Crippen LogP contribution in [0.3, 0.4) is 0 Å². The van der Waals surface area contributed by atoms with Crippen molar-refractivity contribution in [1.29, 1.82) is 0 Å². The van der Waals surface area contributed by atoms with Crippen molar-refractivity contribution in [3.63, 3.8) is 0 Å². The molecule has 64 valence electrons. The van der Waals surface area contributed by atoms with Crippen LogP contribution in [0.5, 0.6) is 0 Å². The first kappa shape index (κ1) is 7.59. The zero-order chi connectivity index (χ0) is 8.72. The summed E-state index contributed by atoms with van der Waals surface area (Å²) in [4.78, 5) is 14.3. The van der Waals surface area contributed by atoms with Crippen LogP contribution in [0, 0.1) is 12.8 Å². The molecular formula is C10H13NO. The molecule has 1 atom stereocenters. The molecule has 0 fully saturated rings. The second-order valence-corrected chi connectivity index (χ2v) is 3.80. The van der Waals surface area contributed by atoms with Crippen molar-refractivity contribution in [1.82, 2.24) is 4.98 Å². The Morgan fingerprint density at radius 2 is 2.25 bits per heavy atom. The van der Waals surface area contributed by atoms with Gasteiger partial charge in [-0.25, -0.2) is 0 Å². The maximum Gasteiger partial charge on any atom is 0.251 e. The van der Waals surface area contributed by atoms with Crippen LogP contribution in [0.4, 0.5) is 0 Å². The first-order valence-corrected chi connectivity index (χ1v) is 4.38. The van der Waals surface area contributed by atoms with E-state index in [1.54, 1.807) is 0 Å². The van der Waals surface area contributed by atoms with Gasteiger partial charge in [-0.05, 0) is 37.3 Å². The predicted octanol–water partition coefficient (Wildman–Crippen LogP) is 1.42. The van der Waals surface area contributed by atoms with Crippen LogP contribution in [0.25, 0.3) is 0 Å². The number of aromatic nitrogens is 1. The van der Waals surface area contributed by atoms with Crippen LogP contribution >= 0.6 is 0 Å². The number of hydrogen-bond donors (Lipinski definition) is 1. The third-order valence-corrected chi connectivity index (χ3v) is 2.48. The number of rotatable bonds is 0. The largest absolute Gasteiger partial charge is 0.326 e. The van der Waals surface area contributed by atoms with Gasteiger partial charge in [-0.1, -0.05) is 6.92 Å². The maximum absolute atomic E-state index is 11.4. The number of aromatic amines is 1. The van der Waals surface area contributed by atoms with Crippen LogP contribution in [-0.4, -0.2) is 4.98 Å².